The van der Waals surface area contributed by atoms with Crippen LogP contribution in [0.4, 0.5) is 0 Å². The molecule has 1 heterocycles. The molecule has 0 aromatic rings. The summed E-state index contributed by atoms with van der Waals surface area (Å²) in [6, 6.07) is 0. The van der Waals surface area contributed by atoms with Gasteiger partial charge in [-0.25, -0.2) is 0 Å². The largest absolute Gasteiger partial charge is 0.756 e. The molecular weight excluding hydrogens is 469 g/mol. The fraction of sp³-hybridized carbons (Fsp3) is 0.933. The minimum Gasteiger partial charge on any atom is -0.756 e. The van der Waals surface area contributed by atoms with E-state index in [2.05, 4.69) is 33.2 Å². The highest BCUT2D eigenvalue weighted by Crippen LogP contribution is 2.42. The molecule has 2 atom stereocenters. The van der Waals surface area contributed by atoms with Crippen LogP contribution in [0.15, 0.2) is 12.2 Å². The van der Waals surface area contributed by atoms with Crippen molar-refractivity contribution in [1.29, 1.82) is 0 Å². The highest BCUT2D eigenvalue weighted by atomic mass is 31.2. The van der Waals surface area contributed by atoms with E-state index in [1.807, 2.05) is 0 Å². The van der Waals surface area contributed by atoms with Gasteiger partial charge in [-0.15, -0.1) is 0 Å². The molecule has 0 aromatic heterocycles. The Hall–Kier alpha value is -0.190. The zero-order valence-electron chi connectivity index (χ0n) is 24.2. The molecular formula is C30H60NO4P. The Morgan fingerprint density at radius 3 is 1.81 bits per heavy atom. The van der Waals surface area contributed by atoms with Crippen LogP contribution in [0.5, 0.6) is 0 Å². The van der Waals surface area contributed by atoms with Crippen LogP contribution in [0, 0.1) is 0 Å². The minimum atomic E-state index is -4.18. The number of allylic oxidation sites excluding steroid dienone is 2. The Kier molecular flexibility index (Phi) is 20.4. The predicted molar refractivity (Wildman–Crippen MR) is 152 cm³/mol. The third kappa shape index (κ3) is 20.8. The number of hydrogen-bond donors (Lipinski definition) is 0. The van der Waals surface area contributed by atoms with Crippen molar-refractivity contribution in [2.45, 2.75) is 148 Å². The maximum atomic E-state index is 12.1. The number of phosphoric ester groups is 1. The number of likely N-dealkylation sites (tertiary alicyclic amines) is 1. The van der Waals surface area contributed by atoms with Crippen LogP contribution in [0.2, 0.25) is 0 Å². The lowest BCUT2D eigenvalue weighted by molar-refractivity contribution is -0.889. The standard InChI is InChI=1S/C30H60NO4P/c1-4-5-6-7-8-9-10-11-12-13-14-15-16-17-18-19-20-21-22-23-29-34-36(32,33)35-30-25-24-27-31(2,3)28-26-30/h11-12,30H,4-10,13-29H2,1-3H3/b12-11-. The van der Waals surface area contributed by atoms with Crippen LogP contribution >= 0.6 is 7.82 Å². The molecule has 1 saturated heterocycles. The molecule has 1 aliphatic rings. The summed E-state index contributed by atoms with van der Waals surface area (Å²) in [5.41, 5.74) is 0. The maximum Gasteiger partial charge on any atom is 0.268 e. The molecule has 0 N–H and O–H groups in total. The van der Waals surface area contributed by atoms with Crippen LogP contribution in [-0.2, 0) is 13.6 Å². The third-order valence-electron chi connectivity index (χ3n) is 7.53. The number of rotatable bonds is 23. The Labute approximate surface area is 224 Å². The summed E-state index contributed by atoms with van der Waals surface area (Å²) in [4.78, 5) is 12.1. The van der Waals surface area contributed by atoms with Crippen molar-refractivity contribution in [2.75, 3.05) is 33.8 Å². The molecule has 1 rings (SSSR count). The van der Waals surface area contributed by atoms with Crippen molar-refractivity contribution >= 4 is 7.82 Å². The Balaban J connectivity index is 1.84. The van der Waals surface area contributed by atoms with Crippen molar-refractivity contribution in [1.82, 2.24) is 0 Å². The highest BCUT2D eigenvalue weighted by molar-refractivity contribution is 7.45. The zero-order valence-corrected chi connectivity index (χ0v) is 25.1. The highest BCUT2D eigenvalue weighted by Gasteiger charge is 2.26. The average Bonchev–Trinajstić information content (AvgIpc) is 2.99. The first-order valence-corrected chi connectivity index (χ1v) is 16.9. The predicted octanol–water partition coefficient (Wildman–Crippen LogP) is 8.71. The van der Waals surface area contributed by atoms with Gasteiger partial charge in [0.25, 0.3) is 7.82 Å². The summed E-state index contributed by atoms with van der Waals surface area (Å²) in [5.74, 6) is 0. The lowest BCUT2D eigenvalue weighted by atomic mass is 10.1. The molecule has 0 spiro atoms. The minimum absolute atomic E-state index is 0.223. The summed E-state index contributed by atoms with van der Waals surface area (Å²) in [6.07, 6.45) is 30.2. The number of quaternary nitrogens is 1. The maximum absolute atomic E-state index is 12.1. The monoisotopic (exact) mass is 529 g/mol. The van der Waals surface area contributed by atoms with Gasteiger partial charge in [-0.05, 0) is 44.9 Å². The molecule has 2 unspecified atom stereocenters. The van der Waals surface area contributed by atoms with E-state index in [1.54, 1.807) is 0 Å². The normalized spacial score (nSPS) is 19.9. The summed E-state index contributed by atoms with van der Waals surface area (Å²) >= 11 is 0. The van der Waals surface area contributed by atoms with Gasteiger partial charge in [-0.3, -0.25) is 4.57 Å². The Morgan fingerprint density at radius 1 is 0.750 bits per heavy atom. The summed E-state index contributed by atoms with van der Waals surface area (Å²) in [7, 11) is 0.198. The van der Waals surface area contributed by atoms with E-state index in [1.165, 1.54) is 96.3 Å². The fourth-order valence-corrected chi connectivity index (χ4v) is 6.04. The van der Waals surface area contributed by atoms with Crippen LogP contribution in [0.3, 0.4) is 0 Å². The Bertz CT molecular complexity index is 581. The van der Waals surface area contributed by atoms with Gasteiger partial charge in [0.15, 0.2) is 0 Å². The van der Waals surface area contributed by atoms with Gasteiger partial charge < -0.3 is 18.4 Å². The smallest absolute Gasteiger partial charge is 0.268 e. The van der Waals surface area contributed by atoms with Gasteiger partial charge in [0, 0.05) is 6.42 Å². The SMILES string of the molecule is CCCCCCCC/C=C\CCCCCCCCCCCCOP(=O)([O-])OC1CCC[N+](C)(C)CC1. The van der Waals surface area contributed by atoms with Gasteiger partial charge >= 0.3 is 0 Å². The first-order chi connectivity index (χ1) is 17.3. The van der Waals surface area contributed by atoms with E-state index < -0.39 is 7.82 Å². The molecule has 0 saturated carbocycles. The van der Waals surface area contributed by atoms with Crippen LogP contribution < -0.4 is 4.89 Å². The lowest BCUT2D eigenvalue weighted by Gasteiger charge is -2.29. The van der Waals surface area contributed by atoms with Gasteiger partial charge in [-0.2, -0.15) is 0 Å². The summed E-state index contributed by atoms with van der Waals surface area (Å²) < 4.78 is 23.6. The molecule has 6 heteroatoms. The summed E-state index contributed by atoms with van der Waals surface area (Å²) in [5, 5.41) is 0. The lowest BCUT2D eigenvalue weighted by Crippen LogP contribution is -2.40. The average molecular weight is 530 g/mol. The van der Waals surface area contributed by atoms with Crippen LogP contribution in [0.25, 0.3) is 0 Å². The molecule has 0 radical (unpaired) electrons. The van der Waals surface area contributed by atoms with E-state index in [9.17, 15) is 9.46 Å². The van der Waals surface area contributed by atoms with Gasteiger partial charge in [0.05, 0.1) is 39.9 Å². The van der Waals surface area contributed by atoms with E-state index in [0.717, 1.165) is 56.1 Å². The molecule has 1 aliphatic heterocycles. The van der Waals surface area contributed by atoms with Crippen molar-refractivity contribution in [3.8, 4) is 0 Å². The van der Waals surface area contributed by atoms with Gasteiger partial charge in [0.1, 0.15) is 0 Å². The first-order valence-electron chi connectivity index (χ1n) is 15.5. The van der Waals surface area contributed by atoms with E-state index in [-0.39, 0.29) is 12.7 Å². The molecule has 0 bridgehead atoms. The van der Waals surface area contributed by atoms with Crippen molar-refractivity contribution in [3.05, 3.63) is 12.2 Å². The second kappa shape index (κ2) is 21.7. The third-order valence-corrected chi connectivity index (χ3v) is 8.58. The zero-order chi connectivity index (χ0) is 26.4. The molecule has 0 aromatic carbocycles. The quantitative estimate of drug-likeness (QED) is 0.0575. The Morgan fingerprint density at radius 2 is 1.25 bits per heavy atom. The van der Waals surface area contributed by atoms with E-state index >= 15 is 0 Å². The number of phosphoric acid groups is 1. The number of unbranched alkanes of at least 4 members (excludes halogenated alkanes) is 16. The molecule has 5 nitrogen and oxygen atoms in total. The van der Waals surface area contributed by atoms with Crippen molar-refractivity contribution < 1.29 is 23.0 Å². The van der Waals surface area contributed by atoms with Crippen LogP contribution in [0.1, 0.15) is 142 Å². The van der Waals surface area contributed by atoms with Gasteiger partial charge in [0.2, 0.25) is 0 Å². The van der Waals surface area contributed by atoms with Crippen molar-refractivity contribution in [2.24, 2.45) is 0 Å². The molecule has 0 amide bonds. The van der Waals surface area contributed by atoms with Crippen LogP contribution in [-0.4, -0.2) is 44.4 Å². The first kappa shape index (κ1) is 33.8. The topological polar surface area (TPSA) is 58.6 Å². The molecule has 1 fully saturated rings. The summed E-state index contributed by atoms with van der Waals surface area (Å²) in [6.45, 7) is 4.54. The van der Waals surface area contributed by atoms with Crippen molar-refractivity contribution in [3.63, 3.8) is 0 Å². The molecule has 0 aliphatic carbocycles. The molecule has 36 heavy (non-hydrogen) atoms. The molecule has 214 valence electrons. The van der Waals surface area contributed by atoms with E-state index in [0.29, 0.717) is 0 Å². The van der Waals surface area contributed by atoms with Gasteiger partial charge in [-0.1, -0.05) is 103 Å². The number of nitrogens with zero attached hydrogens (tertiary/aromatic N) is 1. The van der Waals surface area contributed by atoms with E-state index in [4.69, 9.17) is 9.05 Å². The number of hydrogen-bond acceptors (Lipinski definition) is 4. The fourth-order valence-electron chi connectivity index (χ4n) is 5.05. The second-order valence-corrected chi connectivity index (χ2v) is 13.0. The second-order valence-electron chi connectivity index (χ2n) is 11.7.